The first-order chi connectivity index (χ1) is 11.6. The lowest BCUT2D eigenvalue weighted by Gasteiger charge is -2.41. The van der Waals surface area contributed by atoms with Crippen LogP contribution in [0.3, 0.4) is 0 Å². The fourth-order valence-electron chi connectivity index (χ4n) is 3.56. The van der Waals surface area contributed by atoms with E-state index in [-0.39, 0.29) is 18.5 Å². The van der Waals surface area contributed by atoms with Gasteiger partial charge in [-0.2, -0.15) is 0 Å². The molecule has 1 spiro atoms. The molecule has 2 aliphatic rings. The molecule has 0 atom stereocenters. The summed E-state index contributed by atoms with van der Waals surface area (Å²) in [5, 5.41) is 0. The number of aromatic nitrogens is 1. The van der Waals surface area contributed by atoms with Gasteiger partial charge in [0.25, 0.3) is 5.91 Å². The van der Waals surface area contributed by atoms with Crippen LogP contribution < -0.4 is 0 Å². The number of pyridine rings is 1. The summed E-state index contributed by atoms with van der Waals surface area (Å²) >= 11 is 0. The number of carbonyl (C=O) groups excluding carboxylic acids is 2. The quantitative estimate of drug-likeness (QED) is 0.751. The van der Waals surface area contributed by atoms with Crippen molar-refractivity contribution in [2.45, 2.75) is 24.9 Å². The van der Waals surface area contributed by atoms with E-state index in [0.29, 0.717) is 26.0 Å². The SMILES string of the molecule is COCCN1C(=O)N(Cc2cccnc2)C(=O)C12CCN(C)CC2. The van der Waals surface area contributed by atoms with Gasteiger partial charge in [0.1, 0.15) is 5.54 Å². The minimum atomic E-state index is -0.718. The molecule has 2 saturated heterocycles. The summed E-state index contributed by atoms with van der Waals surface area (Å²) in [5.41, 5.74) is 0.139. The van der Waals surface area contributed by atoms with Crippen LogP contribution in [0.1, 0.15) is 18.4 Å². The van der Waals surface area contributed by atoms with Crippen LogP contribution in [0, 0.1) is 0 Å². The molecule has 3 heterocycles. The molecule has 0 unspecified atom stereocenters. The highest BCUT2D eigenvalue weighted by molar-refractivity contribution is 6.07. The number of piperidine rings is 1. The minimum absolute atomic E-state index is 0.0828. The van der Waals surface area contributed by atoms with Gasteiger partial charge >= 0.3 is 6.03 Å². The van der Waals surface area contributed by atoms with Crippen molar-refractivity contribution in [1.82, 2.24) is 19.7 Å². The van der Waals surface area contributed by atoms with Crippen LogP contribution >= 0.6 is 0 Å². The molecule has 2 fully saturated rings. The van der Waals surface area contributed by atoms with Crippen molar-refractivity contribution in [2.75, 3.05) is 40.4 Å². The summed E-state index contributed by atoms with van der Waals surface area (Å²) in [7, 11) is 3.65. The van der Waals surface area contributed by atoms with Gasteiger partial charge in [0.05, 0.1) is 13.2 Å². The molecule has 0 aliphatic carbocycles. The third kappa shape index (κ3) is 2.89. The van der Waals surface area contributed by atoms with Crippen LogP contribution in [0.4, 0.5) is 4.79 Å². The van der Waals surface area contributed by atoms with Gasteiger partial charge in [0.2, 0.25) is 0 Å². The Hall–Kier alpha value is -1.99. The van der Waals surface area contributed by atoms with E-state index >= 15 is 0 Å². The maximum Gasteiger partial charge on any atom is 0.328 e. The molecule has 0 saturated carbocycles. The summed E-state index contributed by atoms with van der Waals surface area (Å²) in [4.78, 5) is 35.4. The summed E-state index contributed by atoms with van der Waals surface area (Å²) in [5.74, 6) is -0.0828. The third-order valence-electron chi connectivity index (χ3n) is 5.02. The average molecular weight is 332 g/mol. The fourth-order valence-corrected chi connectivity index (χ4v) is 3.56. The standard InChI is InChI=1S/C17H24N4O3/c1-19-8-5-17(6-9-19)15(22)20(13-14-4-3-7-18-12-14)16(23)21(17)10-11-24-2/h3-4,7,12H,5-6,8-11,13H2,1-2H3. The molecule has 3 amide bonds. The molecule has 0 N–H and O–H groups in total. The Labute approximate surface area is 142 Å². The number of imide groups is 1. The zero-order valence-electron chi connectivity index (χ0n) is 14.3. The van der Waals surface area contributed by atoms with Crippen molar-refractivity contribution in [3.05, 3.63) is 30.1 Å². The zero-order chi connectivity index (χ0) is 17.2. The molecule has 24 heavy (non-hydrogen) atoms. The van der Waals surface area contributed by atoms with Crippen LogP contribution in [0.5, 0.6) is 0 Å². The monoisotopic (exact) mass is 332 g/mol. The molecule has 0 bridgehead atoms. The number of carbonyl (C=O) groups is 2. The van der Waals surface area contributed by atoms with Gasteiger partial charge in [-0.25, -0.2) is 4.79 Å². The van der Waals surface area contributed by atoms with Crippen molar-refractivity contribution in [3.63, 3.8) is 0 Å². The van der Waals surface area contributed by atoms with Gasteiger partial charge in [-0.1, -0.05) is 6.07 Å². The first kappa shape index (κ1) is 16.9. The second-order valence-corrected chi connectivity index (χ2v) is 6.51. The Kier molecular flexibility index (Phi) is 4.82. The largest absolute Gasteiger partial charge is 0.383 e. The number of ether oxygens (including phenoxy) is 1. The van der Waals surface area contributed by atoms with Crippen molar-refractivity contribution >= 4 is 11.9 Å². The molecule has 0 radical (unpaired) electrons. The first-order valence-corrected chi connectivity index (χ1v) is 8.28. The molecule has 0 aromatic carbocycles. The molecule has 1 aromatic heterocycles. The Morgan fingerprint density at radius 3 is 2.67 bits per heavy atom. The number of hydrogen-bond acceptors (Lipinski definition) is 5. The van der Waals surface area contributed by atoms with E-state index in [1.807, 2.05) is 19.2 Å². The van der Waals surface area contributed by atoms with Crippen molar-refractivity contribution in [3.8, 4) is 0 Å². The van der Waals surface area contributed by atoms with Gasteiger partial charge < -0.3 is 14.5 Å². The predicted octanol–water partition coefficient (Wildman–Crippen LogP) is 0.957. The average Bonchev–Trinajstić information content (AvgIpc) is 2.78. The summed E-state index contributed by atoms with van der Waals surface area (Å²) in [6.07, 6.45) is 4.71. The highest BCUT2D eigenvalue weighted by Crippen LogP contribution is 2.37. The maximum absolute atomic E-state index is 13.2. The van der Waals surface area contributed by atoms with Gasteiger partial charge in [-0.15, -0.1) is 0 Å². The van der Waals surface area contributed by atoms with E-state index < -0.39 is 5.54 Å². The van der Waals surface area contributed by atoms with E-state index in [2.05, 4.69) is 9.88 Å². The summed E-state index contributed by atoms with van der Waals surface area (Å²) in [6, 6.07) is 3.48. The number of rotatable bonds is 5. The molecule has 7 nitrogen and oxygen atoms in total. The number of likely N-dealkylation sites (tertiary alicyclic amines) is 1. The van der Waals surface area contributed by atoms with Crippen LogP contribution in [-0.2, 0) is 16.1 Å². The number of methoxy groups -OCH3 is 1. The summed E-state index contributed by atoms with van der Waals surface area (Å²) in [6.45, 7) is 2.75. The number of amides is 3. The molecular formula is C17H24N4O3. The Bertz CT molecular complexity index is 599. The van der Waals surface area contributed by atoms with Crippen molar-refractivity contribution < 1.29 is 14.3 Å². The lowest BCUT2D eigenvalue weighted by Crippen LogP contribution is -2.56. The second-order valence-electron chi connectivity index (χ2n) is 6.51. The fraction of sp³-hybridized carbons (Fsp3) is 0.588. The number of urea groups is 1. The molecule has 130 valence electrons. The molecule has 1 aromatic rings. The van der Waals surface area contributed by atoms with Gasteiger partial charge in [-0.3, -0.25) is 14.7 Å². The van der Waals surface area contributed by atoms with Gasteiger partial charge in [0, 0.05) is 39.1 Å². The highest BCUT2D eigenvalue weighted by Gasteiger charge is 2.57. The second kappa shape index (κ2) is 6.86. The van der Waals surface area contributed by atoms with Crippen LogP contribution in [0.25, 0.3) is 0 Å². The number of nitrogens with zero attached hydrogens (tertiary/aromatic N) is 4. The minimum Gasteiger partial charge on any atom is -0.383 e. The molecule has 7 heteroatoms. The highest BCUT2D eigenvalue weighted by atomic mass is 16.5. The Balaban J connectivity index is 1.86. The Morgan fingerprint density at radius 1 is 1.29 bits per heavy atom. The zero-order valence-corrected chi connectivity index (χ0v) is 14.3. The molecule has 3 rings (SSSR count). The lowest BCUT2D eigenvalue weighted by molar-refractivity contribution is -0.136. The van der Waals surface area contributed by atoms with E-state index in [0.717, 1.165) is 18.7 Å². The normalized spacial score (nSPS) is 21.1. The Morgan fingerprint density at radius 2 is 2.04 bits per heavy atom. The predicted molar refractivity (Wildman–Crippen MR) is 88.2 cm³/mol. The van der Waals surface area contributed by atoms with Crippen LogP contribution in [0.2, 0.25) is 0 Å². The lowest BCUT2D eigenvalue weighted by atomic mass is 9.86. The van der Waals surface area contributed by atoms with Crippen LogP contribution in [-0.4, -0.2) is 77.6 Å². The van der Waals surface area contributed by atoms with Crippen LogP contribution in [0.15, 0.2) is 24.5 Å². The van der Waals surface area contributed by atoms with Gasteiger partial charge in [-0.05, 0) is 31.5 Å². The van der Waals surface area contributed by atoms with Gasteiger partial charge in [0.15, 0.2) is 0 Å². The topological polar surface area (TPSA) is 66.0 Å². The van der Waals surface area contributed by atoms with Crippen molar-refractivity contribution in [2.24, 2.45) is 0 Å². The van der Waals surface area contributed by atoms with E-state index in [4.69, 9.17) is 4.74 Å². The van der Waals surface area contributed by atoms with Crippen molar-refractivity contribution in [1.29, 1.82) is 0 Å². The van der Waals surface area contributed by atoms with E-state index in [1.54, 1.807) is 24.4 Å². The summed E-state index contributed by atoms with van der Waals surface area (Å²) < 4.78 is 5.15. The third-order valence-corrected chi connectivity index (χ3v) is 5.02. The first-order valence-electron chi connectivity index (χ1n) is 8.28. The van der Waals surface area contributed by atoms with E-state index in [9.17, 15) is 9.59 Å². The maximum atomic E-state index is 13.2. The van der Waals surface area contributed by atoms with E-state index in [1.165, 1.54) is 4.90 Å². The molecule has 2 aliphatic heterocycles. The number of hydrogen-bond donors (Lipinski definition) is 0. The molecular weight excluding hydrogens is 308 g/mol. The smallest absolute Gasteiger partial charge is 0.328 e.